The third-order valence-electron chi connectivity index (χ3n) is 7.80. The van der Waals surface area contributed by atoms with Gasteiger partial charge in [0.2, 0.25) is 5.91 Å². The van der Waals surface area contributed by atoms with Gasteiger partial charge in [-0.25, -0.2) is 4.39 Å². The Hall–Kier alpha value is -4.61. The number of phenols is 1. The first-order valence-corrected chi connectivity index (χ1v) is 14.0. The number of pyridine rings is 1. The Morgan fingerprint density at radius 2 is 1.90 bits per heavy atom. The van der Waals surface area contributed by atoms with E-state index in [9.17, 15) is 24.3 Å². The number of benzene rings is 3. The maximum atomic E-state index is 14.3. The fraction of sp³-hybridized carbons (Fsp3) is 0.242. The smallest absolute Gasteiger partial charge is 0.275 e. The van der Waals surface area contributed by atoms with Crippen LogP contribution in [0.5, 0.6) is 5.75 Å². The number of phenolic OH excluding ortho intramolecular Hbond substituents is 1. The van der Waals surface area contributed by atoms with E-state index in [1.807, 2.05) is 49.9 Å². The molecule has 7 nitrogen and oxygen atoms in total. The van der Waals surface area contributed by atoms with Crippen molar-refractivity contribution in [2.45, 2.75) is 32.7 Å². The second kappa shape index (κ2) is 11.3. The number of hydrogen-bond donors (Lipinski definition) is 1. The normalized spacial score (nSPS) is 15.2. The van der Waals surface area contributed by atoms with Crippen LogP contribution in [0.1, 0.15) is 37.8 Å². The lowest BCUT2D eigenvalue weighted by molar-refractivity contribution is -0.126. The van der Waals surface area contributed by atoms with Gasteiger partial charge < -0.3 is 14.9 Å². The molecule has 1 saturated heterocycles. The maximum absolute atomic E-state index is 14.3. The average molecular weight is 585 g/mol. The second-order valence-corrected chi connectivity index (χ2v) is 11.1. The lowest BCUT2D eigenvalue weighted by atomic mass is 9.97. The predicted octanol–water partition coefficient (Wildman–Crippen LogP) is 6.37. The molecule has 1 amide bonds. The summed E-state index contributed by atoms with van der Waals surface area (Å²) < 4.78 is 15.8. The molecule has 2 heterocycles. The second-order valence-electron chi connectivity index (χ2n) is 10.7. The minimum absolute atomic E-state index is 0.0474. The van der Waals surface area contributed by atoms with Crippen molar-refractivity contribution < 1.29 is 14.3 Å². The van der Waals surface area contributed by atoms with E-state index in [-0.39, 0.29) is 39.8 Å². The van der Waals surface area contributed by atoms with Crippen LogP contribution in [0.2, 0.25) is 5.02 Å². The summed E-state index contributed by atoms with van der Waals surface area (Å²) in [7, 11) is 0. The molecule has 0 radical (unpaired) electrons. The number of carbonyl (C=O) groups is 1. The highest BCUT2D eigenvalue weighted by atomic mass is 35.5. The number of para-hydroxylation sites is 1. The third kappa shape index (κ3) is 4.90. The Balaban J connectivity index is 1.88. The van der Waals surface area contributed by atoms with E-state index in [4.69, 9.17) is 11.6 Å². The van der Waals surface area contributed by atoms with Crippen LogP contribution in [-0.2, 0) is 4.79 Å². The number of piperazine rings is 1. The molecule has 0 spiro atoms. The van der Waals surface area contributed by atoms with Gasteiger partial charge in [-0.15, -0.1) is 0 Å². The fourth-order valence-electron chi connectivity index (χ4n) is 5.76. The molecule has 214 valence electrons. The number of fused-ring (bicyclic) bond motifs is 1. The lowest BCUT2D eigenvalue weighted by Crippen LogP contribution is -2.54. The molecule has 1 fully saturated rings. The predicted molar refractivity (Wildman–Crippen MR) is 164 cm³/mol. The van der Waals surface area contributed by atoms with E-state index in [0.717, 1.165) is 11.6 Å². The average Bonchev–Trinajstić information content (AvgIpc) is 2.97. The van der Waals surface area contributed by atoms with Crippen molar-refractivity contribution in [3.05, 3.63) is 99.6 Å². The summed E-state index contributed by atoms with van der Waals surface area (Å²) in [5, 5.41) is 21.8. The minimum atomic E-state index is -0.553. The number of halogens is 2. The number of nitriles is 1. The molecule has 1 aliphatic rings. The van der Waals surface area contributed by atoms with Crippen molar-refractivity contribution in [3.8, 4) is 28.6 Å². The zero-order valence-corrected chi connectivity index (χ0v) is 24.3. The SMILES string of the molecule is C=CC(=O)N1CCN(c2c(C#N)c(=O)n(-c3ccccc3C(C)C)c3cc(-c4cc(F)ccc4O)c(Cl)cc23)[C@@H](C)C1. The highest BCUT2D eigenvalue weighted by Gasteiger charge is 2.31. The summed E-state index contributed by atoms with van der Waals surface area (Å²) in [6.45, 7) is 10.7. The van der Waals surface area contributed by atoms with Crippen LogP contribution >= 0.6 is 11.6 Å². The van der Waals surface area contributed by atoms with Crippen molar-refractivity contribution in [1.29, 1.82) is 5.26 Å². The van der Waals surface area contributed by atoms with Crippen LogP contribution in [0.25, 0.3) is 27.7 Å². The van der Waals surface area contributed by atoms with E-state index in [0.29, 0.717) is 47.5 Å². The van der Waals surface area contributed by atoms with Crippen LogP contribution in [0.4, 0.5) is 10.1 Å². The largest absolute Gasteiger partial charge is 0.507 e. The molecular formula is C33H30ClFN4O3. The summed E-state index contributed by atoms with van der Waals surface area (Å²) in [6, 6.07) is 16.3. The molecule has 9 heteroatoms. The summed E-state index contributed by atoms with van der Waals surface area (Å²) >= 11 is 6.82. The Morgan fingerprint density at radius 3 is 2.57 bits per heavy atom. The van der Waals surface area contributed by atoms with Gasteiger partial charge >= 0.3 is 0 Å². The Bertz CT molecular complexity index is 1840. The number of amides is 1. The molecule has 1 N–H and O–H groups in total. The first-order valence-electron chi connectivity index (χ1n) is 13.7. The molecule has 42 heavy (non-hydrogen) atoms. The molecule has 0 saturated carbocycles. The monoisotopic (exact) mass is 584 g/mol. The molecule has 1 atom stereocenters. The van der Waals surface area contributed by atoms with Gasteiger partial charge in [-0.05, 0) is 60.9 Å². The van der Waals surface area contributed by atoms with Gasteiger partial charge in [0.25, 0.3) is 5.56 Å². The van der Waals surface area contributed by atoms with E-state index < -0.39 is 11.4 Å². The number of hydrogen-bond acceptors (Lipinski definition) is 5. The van der Waals surface area contributed by atoms with Gasteiger partial charge in [0, 0.05) is 47.2 Å². The van der Waals surface area contributed by atoms with E-state index in [2.05, 4.69) is 12.6 Å². The van der Waals surface area contributed by atoms with Crippen LogP contribution < -0.4 is 10.5 Å². The summed E-state index contributed by atoms with van der Waals surface area (Å²) in [4.78, 5) is 30.3. The maximum Gasteiger partial charge on any atom is 0.275 e. The molecule has 4 aromatic rings. The van der Waals surface area contributed by atoms with Crippen molar-refractivity contribution in [2.24, 2.45) is 0 Å². The summed E-state index contributed by atoms with van der Waals surface area (Å²) in [5.41, 5.74) is 2.32. The zero-order chi connectivity index (χ0) is 30.3. The highest BCUT2D eigenvalue weighted by Crippen LogP contribution is 2.41. The Labute approximate surface area is 248 Å². The fourth-order valence-corrected chi connectivity index (χ4v) is 6.03. The standard InChI is InChI=1S/C33H30ClFN4O3/c1-5-31(41)37-12-13-38(20(4)18-37)32-25-15-27(34)23(24-14-21(35)10-11-30(24)40)16-29(25)39(33(42)26(32)17-36)28-9-7-6-8-22(28)19(2)3/h5-11,14-16,19-20,40H,1,12-13,18H2,2-4H3/t20-/m0/s1. The minimum Gasteiger partial charge on any atom is -0.507 e. The molecule has 0 aliphatic carbocycles. The first-order chi connectivity index (χ1) is 20.1. The van der Waals surface area contributed by atoms with Crippen molar-refractivity contribution in [3.63, 3.8) is 0 Å². The Kier molecular flexibility index (Phi) is 7.81. The molecule has 3 aromatic carbocycles. The molecule has 1 aliphatic heterocycles. The van der Waals surface area contributed by atoms with Gasteiger partial charge in [0.1, 0.15) is 23.2 Å². The number of rotatable bonds is 5. The molecule has 0 unspecified atom stereocenters. The van der Waals surface area contributed by atoms with Crippen molar-refractivity contribution >= 4 is 34.1 Å². The van der Waals surface area contributed by atoms with Gasteiger partial charge in [-0.2, -0.15) is 5.26 Å². The highest BCUT2D eigenvalue weighted by molar-refractivity contribution is 6.34. The third-order valence-corrected chi connectivity index (χ3v) is 8.11. The van der Waals surface area contributed by atoms with Crippen molar-refractivity contribution in [2.75, 3.05) is 24.5 Å². The van der Waals surface area contributed by atoms with Gasteiger partial charge in [0.15, 0.2) is 0 Å². The van der Waals surface area contributed by atoms with Gasteiger partial charge in [-0.1, -0.05) is 50.2 Å². The van der Waals surface area contributed by atoms with Crippen molar-refractivity contribution in [1.82, 2.24) is 9.47 Å². The van der Waals surface area contributed by atoms with E-state index in [1.165, 1.54) is 22.8 Å². The quantitative estimate of drug-likeness (QED) is 0.275. The summed E-state index contributed by atoms with van der Waals surface area (Å²) in [5.74, 6) is -0.847. The van der Waals surface area contributed by atoms with Crippen LogP contribution in [0.3, 0.4) is 0 Å². The van der Waals surface area contributed by atoms with Crippen LogP contribution in [-0.4, -0.2) is 46.2 Å². The van der Waals surface area contributed by atoms with Crippen LogP contribution in [0.15, 0.2) is 72.0 Å². The van der Waals surface area contributed by atoms with Gasteiger partial charge in [0.05, 0.1) is 16.9 Å². The molecule has 0 bridgehead atoms. The molecule has 1 aromatic heterocycles. The number of anilines is 1. The number of aromatic nitrogens is 1. The van der Waals surface area contributed by atoms with Crippen LogP contribution in [0, 0.1) is 17.1 Å². The molecule has 5 rings (SSSR count). The first kappa shape index (κ1) is 28.9. The Morgan fingerprint density at radius 1 is 1.17 bits per heavy atom. The summed E-state index contributed by atoms with van der Waals surface area (Å²) in [6.07, 6.45) is 1.27. The number of carbonyl (C=O) groups excluding carboxylic acids is 1. The number of nitrogens with zero attached hydrogens (tertiary/aromatic N) is 4. The zero-order valence-electron chi connectivity index (χ0n) is 23.6. The molecular weight excluding hydrogens is 555 g/mol. The van der Waals surface area contributed by atoms with E-state index >= 15 is 0 Å². The number of aromatic hydroxyl groups is 1. The van der Waals surface area contributed by atoms with E-state index in [1.54, 1.807) is 17.0 Å². The van der Waals surface area contributed by atoms with Gasteiger partial charge in [-0.3, -0.25) is 14.2 Å². The topological polar surface area (TPSA) is 89.6 Å². The lowest BCUT2D eigenvalue weighted by Gasteiger charge is -2.41.